The van der Waals surface area contributed by atoms with Crippen LogP contribution in [0.15, 0.2) is 42.5 Å². The van der Waals surface area contributed by atoms with E-state index in [0.29, 0.717) is 10.0 Å². The van der Waals surface area contributed by atoms with Crippen molar-refractivity contribution >= 4 is 44.8 Å². The first-order valence-electron chi connectivity index (χ1n) is 7.99. The number of ether oxygens (including phenoxy) is 1. The van der Waals surface area contributed by atoms with E-state index >= 15 is 0 Å². The summed E-state index contributed by atoms with van der Waals surface area (Å²) in [6, 6.07) is 10.6. The number of carbonyl (C=O) groups is 1. The van der Waals surface area contributed by atoms with Crippen LogP contribution in [0.3, 0.4) is 0 Å². The summed E-state index contributed by atoms with van der Waals surface area (Å²) in [4.78, 5) is 12.6. The predicted molar refractivity (Wildman–Crippen MR) is 108 cm³/mol. The molecule has 0 spiro atoms. The van der Waals surface area contributed by atoms with Gasteiger partial charge < -0.3 is 10.1 Å². The highest BCUT2D eigenvalue weighted by Gasteiger charge is 2.31. The van der Waals surface area contributed by atoms with Gasteiger partial charge in [0, 0.05) is 16.6 Å². The van der Waals surface area contributed by atoms with E-state index < -0.39 is 22.0 Å². The first-order valence-corrected chi connectivity index (χ1v) is 10.6. The Hall–Kier alpha value is -1.96. The SMILES string of the molecule is COc1ccc(Cl)cc1N([C@@H](C)C(=O)NCc1ccccc1Cl)S(C)(=O)=O. The number of nitrogens with one attached hydrogen (secondary N) is 1. The van der Waals surface area contributed by atoms with Gasteiger partial charge in [0.05, 0.1) is 19.1 Å². The topological polar surface area (TPSA) is 75.7 Å². The van der Waals surface area contributed by atoms with Crippen LogP contribution in [0.25, 0.3) is 0 Å². The molecule has 2 aromatic rings. The quantitative estimate of drug-likeness (QED) is 0.729. The number of carbonyl (C=O) groups excluding carboxylic acids is 1. The summed E-state index contributed by atoms with van der Waals surface area (Å²) < 4.78 is 31.0. The highest BCUT2D eigenvalue weighted by Crippen LogP contribution is 2.34. The molecular weight excluding hydrogens is 411 g/mol. The molecule has 0 saturated heterocycles. The molecule has 6 nitrogen and oxygen atoms in total. The summed E-state index contributed by atoms with van der Waals surface area (Å²) in [6.45, 7) is 1.66. The molecule has 0 aromatic heterocycles. The maximum Gasteiger partial charge on any atom is 0.243 e. The second-order valence-corrected chi connectivity index (χ2v) is 8.56. The monoisotopic (exact) mass is 430 g/mol. The number of hydrogen-bond acceptors (Lipinski definition) is 4. The summed E-state index contributed by atoms with van der Waals surface area (Å²) in [5, 5.41) is 3.55. The van der Waals surface area contributed by atoms with E-state index in [1.165, 1.54) is 20.1 Å². The van der Waals surface area contributed by atoms with E-state index in [0.717, 1.165) is 16.1 Å². The molecule has 1 atom stereocenters. The van der Waals surface area contributed by atoms with Gasteiger partial charge in [-0.3, -0.25) is 9.10 Å². The average Bonchev–Trinajstić information content (AvgIpc) is 2.60. The smallest absolute Gasteiger partial charge is 0.243 e. The highest BCUT2D eigenvalue weighted by molar-refractivity contribution is 7.92. The summed E-state index contributed by atoms with van der Waals surface area (Å²) >= 11 is 12.1. The van der Waals surface area contributed by atoms with Crippen LogP contribution >= 0.6 is 23.2 Å². The van der Waals surface area contributed by atoms with Gasteiger partial charge in [0.25, 0.3) is 0 Å². The first-order chi connectivity index (χ1) is 12.6. The van der Waals surface area contributed by atoms with Crippen molar-refractivity contribution in [2.75, 3.05) is 17.7 Å². The molecule has 27 heavy (non-hydrogen) atoms. The summed E-state index contributed by atoms with van der Waals surface area (Å²) in [6.07, 6.45) is 1.02. The number of hydrogen-bond donors (Lipinski definition) is 1. The van der Waals surface area contributed by atoms with E-state index in [9.17, 15) is 13.2 Å². The largest absolute Gasteiger partial charge is 0.495 e. The van der Waals surface area contributed by atoms with Crippen molar-refractivity contribution in [2.45, 2.75) is 19.5 Å². The van der Waals surface area contributed by atoms with Crippen LogP contribution in [0.2, 0.25) is 10.0 Å². The van der Waals surface area contributed by atoms with Crippen molar-refractivity contribution in [2.24, 2.45) is 0 Å². The fraction of sp³-hybridized carbons (Fsp3) is 0.278. The Bertz CT molecular complexity index is 935. The molecule has 1 amide bonds. The molecule has 146 valence electrons. The first kappa shape index (κ1) is 21.3. The van der Waals surface area contributed by atoms with Crippen molar-refractivity contribution < 1.29 is 17.9 Å². The molecular formula is C18H20Cl2N2O4S. The second kappa shape index (κ2) is 8.82. The summed E-state index contributed by atoms with van der Waals surface area (Å²) in [5.41, 5.74) is 0.916. The van der Waals surface area contributed by atoms with Crippen molar-refractivity contribution in [1.29, 1.82) is 0 Å². The zero-order chi connectivity index (χ0) is 20.2. The molecule has 0 unspecified atom stereocenters. The third kappa shape index (κ3) is 5.28. The standard InChI is InChI=1S/C18H20Cl2N2O4S/c1-12(18(23)21-11-13-6-4-5-7-15(13)20)22(27(3,24)25)16-10-14(19)8-9-17(16)26-2/h4-10,12H,11H2,1-3H3,(H,21,23)/t12-/m0/s1. The number of amides is 1. The normalized spacial score (nSPS) is 12.3. The Morgan fingerprint density at radius 2 is 1.89 bits per heavy atom. The van der Waals surface area contributed by atoms with Gasteiger partial charge in [-0.25, -0.2) is 8.42 Å². The van der Waals surface area contributed by atoms with Crippen LogP contribution in [-0.2, 0) is 21.4 Å². The van der Waals surface area contributed by atoms with Gasteiger partial charge in [-0.2, -0.15) is 0 Å². The maximum atomic E-state index is 12.6. The minimum Gasteiger partial charge on any atom is -0.495 e. The lowest BCUT2D eigenvalue weighted by molar-refractivity contribution is -0.122. The Kier molecular flexibility index (Phi) is 6.97. The van der Waals surface area contributed by atoms with Crippen molar-refractivity contribution in [3.63, 3.8) is 0 Å². The Labute approximate surface area is 169 Å². The van der Waals surface area contributed by atoms with Crippen LogP contribution in [0.5, 0.6) is 5.75 Å². The Morgan fingerprint density at radius 1 is 1.22 bits per heavy atom. The van der Waals surface area contributed by atoms with Crippen LogP contribution in [0.4, 0.5) is 5.69 Å². The number of benzene rings is 2. The lowest BCUT2D eigenvalue weighted by Gasteiger charge is -2.29. The highest BCUT2D eigenvalue weighted by atomic mass is 35.5. The van der Waals surface area contributed by atoms with Gasteiger partial charge in [0.2, 0.25) is 15.9 Å². The zero-order valence-electron chi connectivity index (χ0n) is 15.1. The van der Waals surface area contributed by atoms with E-state index in [2.05, 4.69) is 5.32 Å². The molecule has 0 radical (unpaired) electrons. The van der Waals surface area contributed by atoms with E-state index in [4.69, 9.17) is 27.9 Å². The third-order valence-electron chi connectivity index (χ3n) is 3.88. The second-order valence-electron chi connectivity index (χ2n) is 5.86. The van der Waals surface area contributed by atoms with Gasteiger partial charge >= 0.3 is 0 Å². The van der Waals surface area contributed by atoms with Gasteiger partial charge in [0.15, 0.2) is 0 Å². The molecule has 0 saturated carbocycles. The fourth-order valence-electron chi connectivity index (χ4n) is 2.59. The maximum absolute atomic E-state index is 12.6. The number of rotatable bonds is 7. The molecule has 2 rings (SSSR count). The van der Waals surface area contributed by atoms with E-state index in [-0.39, 0.29) is 18.0 Å². The van der Waals surface area contributed by atoms with Crippen LogP contribution < -0.4 is 14.4 Å². The van der Waals surface area contributed by atoms with Crippen molar-refractivity contribution in [1.82, 2.24) is 5.32 Å². The molecule has 0 aliphatic rings. The van der Waals surface area contributed by atoms with Crippen LogP contribution in [0, 0.1) is 0 Å². The average molecular weight is 431 g/mol. The molecule has 2 aromatic carbocycles. The molecule has 0 fully saturated rings. The van der Waals surface area contributed by atoms with Crippen molar-refractivity contribution in [3.8, 4) is 5.75 Å². The number of methoxy groups -OCH3 is 1. The van der Waals surface area contributed by atoms with E-state index in [1.807, 2.05) is 0 Å². The predicted octanol–water partition coefficient (Wildman–Crippen LogP) is 3.47. The molecule has 0 aliphatic carbocycles. The Morgan fingerprint density at radius 3 is 2.48 bits per heavy atom. The molecule has 0 bridgehead atoms. The fourth-order valence-corrected chi connectivity index (χ4v) is 4.13. The molecule has 0 aliphatic heterocycles. The Balaban J connectivity index is 2.30. The lowest BCUT2D eigenvalue weighted by Crippen LogP contribution is -2.47. The van der Waals surface area contributed by atoms with Gasteiger partial charge in [-0.05, 0) is 36.8 Å². The minimum absolute atomic E-state index is 0.174. The zero-order valence-corrected chi connectivity index (χ0v) is 17.4. The minimum atomic E-state index is -3.79. The van der Waals surface area contributed by atoms with Crippen LogP contribution in [-0.4, -0.2) is 33.7 Å². The van der Waals surface area contributed by atoms with Gasteiger partial charge in [-0.15, -0.1) is 0 Å². The van der Waals surface area contributed by atoms with Gasteiger partial charge in [-0.1, -0.05) is 41.4 Å². The molecule has 0 heterocycles. The number of sulfonamides is 1. The molecule has 1 N–H and O–H groups in total. The molecule has 9 heteroatoms. The lowest BCUT2D eigenvalue weighted by atomic mass is 10.2. The number of anilines is 1. The number of nitrogens with zero attached hydrogens (tertiary/aromatic N) is 1. The summed E-state index contributed by atoms with van der Waals surface area (Å²) in [5.74, 6) is -0.196. The summed E-state index contributed by atoms with van der Waals surface area (Å²) in [7, 11) is -2.38. The third-order valence-corrected chi connectivity index (χ3v) is 5.71. The van der Waals surface area contributed by atoms with Crippen molar-refractivity contribution in [3.05, 3.63) is 58.1 Å². The van der Waals surface area contributed by atoms with E-state index in [1.54, 1.807) is 36.4 Å². The van der Waals surface area contributed by atoms with Crippen LogP contribution in [0.1, 0.15) is 12.5 Å². The van der Waals surface area contributed by atoms with Gasteiger partial charge in [0.1, 0.15) is 11.8 Å². The number of halogens is 2.